The van der Waals surface area contributed by atoms with Gasteiger partial charge in [0, 0.05) is 38.1 Å². The van der Waals surface area contributed by atoms with E-state index in [-0.39, 0.29) is 9.92 Å². The molecule has 1 aromatic heterocycles. The highest BCUT2D eigenvalue weighted by molar-refractivity contribution is 7.89. The van der Waals surface area contributed by atoms with Gasteiger partial charge in [0.25, 0.3) is 0 Å². The van der Waals surface area contributed by atoms with E-state index in [0.29, 0.717) is 11.6 Å². The number of nitrogens with zero attached hydrogens (tertiary/aromatic N) is 3. The number of piperazine rings is 1. The molecule has 6 nitrogen and oxygen atoms in total. The molecule has 166 valence electrons. The number of unbranched alkanes of at least 4 members (excludes halogenated alkanes) is 1. The van der Waals surface area contributed by atoms with E-state index in [1.807, 2.05) is 6.07 Å². The Morgan fingerprint density at radius 2 is 1.77 bits per heavy atom. The topological polar surface area (TPSA) is 65.5 Å². The molecule has 0 aliphatic carbocycles. The molecule has 0 radical (unpaired) electrons. The highest BCUT2D eigenvalue weighted by Crippen LogP contribution is 2.30. The molecular formula is C21H24Cl2N4O2S2. The summed E-state index contributed by atoms with van der Waals surface area (Å²) in [6, 6.07) is 12.7. The number of sulfonamides is 1. The van der Waals surface area contributed by atoms with Gasteiger partial charge in [0.2, 0.25) is 10.0 Å². The van der Waals surface area contributed by atoms with Crippen molar-refractivity contribution in [2.24, 2.45) is 0 Å². The normalized spacial score (nSPS) is 15.6. The first kappa shape index (κ1) is 22.8. The van der Waals surface area contributed by atoms with Gasteiger partial charge >= 0.3 is 0 Å². The minimum absolute atomic E-state index is 0.132. The lowest BCUT2D eigenvalue weighted by Crippen LogP contribution is -2.46. The standard InChI is InChI=1S/C21H24Cl2N4O2S2/c22-18-8-7-16(15-19(18)23)31(28,29)24-9-3-4-10-26-11-13-27(14-12-26)21-17-5-1-2-6-20(17)30-25-21/h1-2,5-8,15,24H,3-4,9-14H2. The minimum Gasteiger partial charge on any atom is -0.353 e. The molecule has 10 heteroatoms. The Balaban J connectivity index is 1.19. The van der Waals surface area contributed by atoms with E-state index in [1.54, 1.807) is 11.5 Å². The van der Waals surface area contributed by atoms with Crippen molar-refractivity contribution in [2.45, 2.75) is 17.7 Å². The predicted molar refractivity (Wildman–Crippen MR) is 129 cm³/mol. The van der Waals surface area contributed by atoms with Crippen LogP contribution in [-0.2, 0) is 10.0 Å². The van der Waals surface area contributed by atoms with E-state index in [2.05, 4.69) is 37.1 Å². The van der Waals surface area contributed by atoms with Crippen LogP contribution in [0.25, 0.3) is 10.1 Å². The van der Waals surface area contributed by atoms with Crippen molar-refractivity contribution >= 4 is 60.7 Å². The fourth-order valence-corrected chi connectivity index (χ4v) is 5.94. The summed E-state index contributed by atoms with van der Waals surface area (Å²) in [5.74, 6) is 1.09. The molecule has 1 saturated heterocycles. The minimum atomic E-state index is -3.57. The van der Waals surface area contributed by atoms with Gasteiger partial charge in [-0.25, -0.2) is 13.1 Å². The molecule has 0 amide bonds. The van der Waals surface area contributed by atoms with Crippen molar-refractivity contribution in [1.82, 2.24) is 14.0 Å². The molecule has 31 heavy (non-hydrogen) atoms. The molecule has 0 spiro atoms. The van der Waals surface area contributed by atoms with Gasteiger partial charge in [-0.1, -0.05) is 35.3 Å². The predicted octanol–water partition coefficient (Wildman–Crippen LogP) is 4.48. The van der Waals surface area contributed by atoms with Gasteiger partial charge in [-0.15, -0.1) is 0 Å². The number of fused-ring (bicyclic) bond motifs is 1. The van der Waals surface area contributed by atoms with E-state index in [0.717, 1.165) is 51.4 Å². The number of halogens is 2. The lowest BCUT2D eigenvalue weighted by atomic mass is 10.2. The lowest BCUT2D eigenvalue weighted by molar-refractivity contribution is 0.253. The maximum absolute atomic E-state index is 12.4. The molecule has 0 saturated carbocycles. The Morgan fingerprint density at radius 3 is 2.55 bits per heavy atom. The Kier molecular flexibility index (Phi) is 7.36. The molecule has 1 N–H and O–H groups in total. The Hall–Kier alpha value is -1.42. The summed E-state index contributed by atoms with van der Waals surface area (Å²) < 4.78 is 33.3. The summed E-state index contributed by atoms with van der Waals surface area (Å²) in [7, 11) is -3.57. The second-order valence-corrected chi connectivity index (χ2v) is 10.9. The van der Waals surface area contributed by atoms with Gasteiger partial charge in [-0.05, 0) is 61.3 Å². The quantitative estimate of drug-likeness (QED) is 0.463. The van der Waals surface area contributed by atoms with Crippen molar-refractivity contribution in [2.75, 3.05) is 44.2 Å². The smallest absolute Gasteiger partial charge is 0.240 e. The maximum atomic E-state index is 12.4. The molecule has 3 aromatic rings. The van der Waals surface area contributed by atoms with Crippen LogP contribution in [-0.4, -0.2) is 57.0 Å². The van der Waals surface area contributed by atoms with Crippen LogP contribution < -0.4 is 9.62 Å². The summed E-state index contributed by atoms with van der Waals surface area (Å²) in [5, 5.41) is 1.80. The molecular weight excluding hydrogens is 475 g/mol. The van der Waals surface area contributed by atoms with Crippen LogP contribution in [0.4, 0.5) is 5.82 Å². The Bertz CT molecular complexity index is 1150. The highest BCUT2D eigenvalue weighted by atomic mass is 35.5. The second-order valence-electron chi connectivity index (χ2n) is 7.51. The number of anilines is 1. The van der Waals surface area contributed by atoms with Gasteiger partial charge in [0.05, 0.1) is 19.6 Å². The first-order valence-corrected chi connectivity index (χ1v) is 13.2. The number of hydrogen-bond donors (Lipinski definition) is 1. The number of benzene rings is 2. The third-order valence-corrected chi connectivity index (χ3v) is 8.44. The lowest BCUT2D eigenvalue weighted by Gasteiger charge is -2.35. The molecule has 0 atom stereocenters. The summed E-state index contributed by atoms with van der Waals surface area (Å²) >= 11 is 13.3. The van der Waals surface area contributed by atoms with Crippen LogP contribution in [0.1, 0.15) is 12.8 Å². The van der Waals surface area contributed by atoms with E-state index < -0.39 is 10.0 Å². The van der Waals surface area contributed by atoms with Crippen LogP contribution >= 0.6 is 34.7 Å². The molecule has 0 bridgehead atoms. The van der Waals surface area contributed by atoms with Crippen LogP contribution in [0.3, 0.4) is 0 Å². The largest absolute Gasteiger partial charge is 0.353 e. The van der Waals surface area contributed by atoms with Crippen LogP contribution in [0, 0.1) is 0 Å². The van der Waals surface area contributed by atoms with E-state index in [1.165, 1.54) is 28.3 Å². The van der Waals surface area contributed by atoms with Gasteiger partial charge in [0.1, 0.15) is 5.82 Å². The number of hydrogen-bond acceptors (Lipinski definition) is 6. The SMILES string of the molecule is O=S(=O)(NCCCCN1CCN(c2nsc3ccccc23)CC1)c1ccc(Cl)c(Cl)c1. The molecule has 1 fully saturated rings. The zero-order chi connectivity index (χ0) is 21.8. The zero-order valence-corrected chi connectivity index (χ0v) is 20.1. The van der Waals surface area contributed by atoms with Crippen molar-refractivity contribution in [3.8, 4) is 0 Å². The fraction of sp³-hybridized carbons (Fsp3) is 0.381. The van der Waals surface area contributed by atoms with E-state index in [4.69, 9.17) is 23.2 Å². The van der Waals surface area contributed by atoms with Gasteiger partial charge < -0.3 is 4.90 Å². The molecule has 1 aliphatic heterocycles. The average molecular weight is 499 g/mol. The van der Waals surface area contributed by atoms with Crippen molar-refractivity contribution in [1.29, 1.82) is 0 Å². The first-order valence-electron chi connectivity index (χ1n) is 10.2. The van der Waals surface area contributed by atoms with E-state index in [9.17, 15) is 8.42 Å². The maximum Gasteiger partial charge on any atom is 0.240 e. The zero-order valence-electron chi connectivity index (χ0n) is 16.9. The fourth-order valence-electron chi connectivity index (χ4n) is 3.68. The summed E-state index contributed by atoms with van der Waals surface area (Å²) in [6.07, 6.45) is 1.71. The molecule has 4 rings (SSSR count). The van der Waals surface area contributed by atoms with Crippen molar-refractivity contribution in [3.05, 3.63) is 52.5 Å². The molecule has 2 heterocycles. The van der Waals surface area contributed by atoms with Gasteiger partial charge in [-0.2, -0.15) is 4.37 Å². The molecule has 2 aromatic carbocycles. The molecule has 0 unspecified atom stereocenters. The van der Waals surface area contributed by atoms with Crippen molar-refractivity contribution < 1.29 is 8.42 Å². The van der Waals surface area contributed by atoms with Crippen LogP contribution in [0.2, 0.25) is 10.0 Å². The van der Waals surface area contributed by atoms with Crippen LogP contribution in [0.15, 0.2) is 47.4 Å². The summed E-state index contributed by atoms with van der Waals surface area (Å²) in [4.78, 5) is 4.92. The number of aromatic nitrogens is 1. The second kappa shape index (κ2) is 10.0. The summed E-state index contributed by atoms with van der Waals surface area (Å²) in [6.45, 7) is 5.24. The highest BCUT2D eigenvalue weighted by Gasteiger charge is 2.20. The monoisotopic (exact) mass is 498 g/mol. The van der Waals surface area contributed by atoms with Gasteiger partial charge in [-0.3, -0.25) is 4.90 Å². The Labute approximate surface area is 197 Å². The number of nitrogens with one attached hydrogen (secondary N) is 1. The average Bonchev–Trinajstić information content (AvgIpc) is 3.20. The summed E-state index contributed by atoms with van der Waals surface area (Å²) in [5.41, 5.74) is 0. The van der Waals surface area contributed by atoms with Gasteiger partial charge in [0.15, 0.2) is 0 Å². The van der Waals surface area contributed by atoms with Crippen LogP contribution in [0.5, 0.6) is 0 Å². The third-order valence-electron chi connectivity index (χ3n) is 5.42. The first-order chi connectivity index (χ1) is 14.9. The number of rotatable bonds is 8. The van der Waals surface area contributed by atoms with Crippen molar-refractivity contribution in [3.63, 3.8) is 0 Å². The van der Waals surface area contributed by atoms with E-state index >= 15 is 0 Å². The third kappa shape index (κ3) is 5.50. The molecule has 1 aliphatic rings. The Morgan fingerprint density at radius 1 is 1.00 bits per heavy atom.